The summed E-state index contributed by atoms with van der Waals surface area (Å²) in [5.74, 6) is 2.33. The molecule has 1 aromatic carbocycles. The Bertz CT molecular complexity index is 948. The van der Waals surface area contributed by atoms with Gasteiger partial charge in [0, 0.05) is 37.2 Å². The van der Waals surface area contributed by atoms with Gasteiger partial charge < -0.3 is 9.47 Å². The molecule has 5 rings (SSSR count). The van der Waals surface area contributed by atoms with Gasteiger partial charge in [-0.3, -0.25) is 0 Å². The average molecular weight is 380 g/mol. The third-order valence-electron chi connectivity index (χ3n) is 5.44. The van der Waals surface area contributed by atoms with Gasteiger partial charge in [-0.15, -0.1) is 0 Å². The second-order valence-electron chi connectivity index (χ2n) is 7.42. The van der Waals surface area contributed by atoms with Crippen LogP contribution in [0.15, 0.2) is 42.7 Å². The first-order valence-corrected chi connectivity index (χ1v) is 10.0. The van der Waals surface area contributed by atoms with Crippen LogP contribution in [0.1, 0.15) is 41.5 Å². The highest BCUT2D eigenvalue weighted by Gasteiger charge is 2.29. The van der Waals surface area contributed by atoms with E-state index in [1.165, 1.54) is 24.1 Å². The lowest BCUT2D eigenvalue weighted by molar-refractivity contribution is 0.621. The summed E-state index contributed by atoms with van der Waals surface area (Å²) in [6, 6.07) is 12.5. The summed E-state index contributed by atoms with van der Waals surface area (Å²) in [5, 5.41) is 0.543. The van der Waals surface area contributed by atoms with E-state index in [0.29, 0.717) is 11.1 Å². The van der Waals surface area contributed by atoms with Crippen LogP contribution in [0.25, 0.3) is 0 Å². The minimum atomic E-state index is 0.500. The number of nitrogens with zero attached hydrogens (tertiary/aromatic N) is 5. The number of halogens is 1. The van der Waals surface area contributed by atoms with Gasteiger partial charge in [0.05, 0.1) is 18.6 Å². The van der Waals surface area contributed by atoms with Crippen molar-refractivity contribution < 1.29 is 0 Å². The van der Waals surface area contributed by atoms with E-state index in [-0.39, 0.29) is 0 Å². The van der Waals surface area contributed by atoms with Crippen molar-refractivity contribution in [2.24, 2.45) is 0 Å². The molecule has 0 bridgehead atoms. The van der Waals surface area contributed by atoms with Gasteiger partial charge in [-0.1, -0.05) is 41.9 Å². The van der Waals surface area contributed by atoms with E-state index in [4.69, 9.17) is 16.6 Å². The molecule has 0 saturated heterocycles. The van der Waals surface area contributed by atoms with Crippen molar-refractivity contribution in [1.29, 1.82) is 0 Å². The molecule has 3 aromatic rings. The number of aryl methyl sites for hydroxylation is 2. The van der Waals surface area contributed by atoms with Gasteiger partial charge in [0.15, 0.2) is 0 Å². The first-order chi connectivity index (χ1) is 13.3. The van der Waals surface area contributed by atoms with Crippen LogP contribution >= 0.6 is 11.6 Å². The van der Waals surface area contributed by atoms with Crippen LogP contribution in [0.5, 0.6) is 0 Å². The first kappa shape index (κ1) is 16.8. The predicted molar refractivity (Wildman–Crippen MR) is 106 cm³/mol. The zero-order valence-electron chi connectivity index (χ0n) is 15.2. The summed E-state index contributed by atoms with van der Waals surface area (Å²) in [6.07, 6.45) is 6.34. The van der Waals surface area contributed by atoms with Crippen LogP contribution in [0.4, 0.5) is 5.82 Å². The number of hydrogen-bond acceptors (Lipinski definition) is 4. The number of rotatable bonds is 5. The van der Waals surface area contributed by atoms with Crippen LogP contribution in [-0.4, -0.2) is 26.1 Å². The fourth-order valence-electron chi connectivity index (χ4n) is 3.76. The maximum atomic E-state index is 6.25. The third-order valence-corrected chi connectivity index (χ3v) is 5.63. The topological polar surface area (TPSA) is 46.8 Å². The van der Waals surface area contributed by atoms with E-state index in [9.17, 15) is 0 Å². The third kappa shape index (κ3) is 3.56. The van der Waals surface area contributed by atoms with Crippen LogP contribution in [0.3, 0.4) is 0 Å². The molecule has 3 heterocycles. The second kappa shape index (κ2) is 6.97. The fourth-order valence-corrected chi connectivity index (χ4v) is 3.95. The van der Waals surface area contributed by atoms with Crippen molar-refractivity contribution in [2.45, 2.75) is 44.7 Å². The SMILES string of the molecule is Clc1cc(N2CCc3c(ncn3CCc3ccccc3)C2)nc(C2CC2)n1. The van der Waals surface area contributed by atoms with Crippen LogP contribution in [-0.2, 0) is 25.9 Å². The Balaban J connectivity index is 1.31. The molecular weight excluding hydrogens is 358 g/mol. The molecule has 2 aromatic heterocycles. The Morgan fingerprint density at radius 2 is 1.96 bits per heavy atom. The Kier molecular flexibility index (Phi) is 4.32. The van der Waals surface area contributed by atoms with Gasteiger partial charge in [0.25, 0.3) is 0 Å². The minimum Gasteiger partial charge on any atom is -0.350 e. The molecule has 1 aliphatic heterocycles. The molecule has 0 amide bonds. The van der Waals surface area contributed by atoms with E-state index >= 15 is 0 Å². The summed E-state index contributed by atoms with van der Waals surface area (Å²) in [4.78, 5) is 16.1. The first-order valence-electron chi connectivity index (χ1n) is 9.62. The molecule has 27 heavy (non-hydrogen) atoms. The number of imidazole rings is 1. The molecule has 6 heteroatoms. The lowest BCUT2D eigenvalue weighted by Crippen LogP contribution is -2.32. The van der Waals surface area contributed by atoms with Crippen molar-refractivity contribution in [3.8, 4) is 0 Å². The summed E-state index contributed by atoms with van der Waals surface area (Å²) >= 11 is 6.25. The Morgan fingerprint density at radius 1 is 1.11 bits per heavy atom. The smallest absolute Gasteiger partial charge is 0.135 e. The van der Waals surface area contributed by atoms with E-state index < -0.39 is 0 Å². The minimum absolute atomic E-state index is 0.500. The molecule has 0 radical (unpaired) electrons. The van der Waals surface area contributed by atoms with Crippen molar-refractivity contribution in [3.05, 3.63) is 70.7 Å². The molecule has 138 valence electrons. The quantitative estimate of drug-likeness (QED) is 0.628. The summed E-state index contributed by atoms with van der Waals surface area (Å²) in [7, 11) is 0. The normalized spacial score (nSPS) is 16.4. The van der Waals surface area contributed by atoms with E-state index in [0.717, 1.165) is 49.8 Å². The average Bonchev–Trinajstić information content (AvgIpc) is 3.47. The summed E-state index contributed by atoms with van der Waals surface area (Å²) < 4.78 is 2.31. The molecular formula is C21H22ClN5. The Morgan fingerprint density at radius 3 is 2.78 bits per heavy atom. The number of hydrogen-bond donors (Lipinski definition) is 0. The lowest BCUT2D eigenvalue weighted by atomic mass is 10.1. The molecule has 2 aliphatic rings. The fraction of sp³-hybridized carbons (Fsp3) is 0.381. The second-order valence-corrected chi connectivity index (χ2v) is 7.81. The van der Waals surface area contributed by atoms with Crippen molar-refractivity contribution in [2.75, 3.05) is 11.4 Å². The number of fused-ring (bicyclic) bond motifs is 1. The van der Waals surface area contributed by atoms with Gasteiger partial charge in [-0.25, -0.2) is 15.0 Å². The van der Waals surface area contributed by atoms with Gasteiger partial charge in [0.1, 0.15) is 16.8 Å². The monoisotopic (exact) mass is 379 g/mol. The van der Waals surface area contributed by atoms with Crippen molar-refractivity contribution in [1.82, 2.24) is 19.5 Å². The zero-order chi connectivity index (χ0) is 18.2. The molecule has 0 unspecified atom stereocenters. The standard InChI is InChI=1S/C21H22ClN5/c22-19-12-20(25-21(24-19)16-6-7-16)26-11-9-18-17(13-26)23-14-27(18)10-8-15-4-2-1-3-5-15/h1-5,12,14,16H,6-11,13H2. The molecule has 1 aliphatic carbocycles. The van der Waals surface area contributed by atoms with Gasteiger partial charge in [-0.05, 0) is 24.8 Å². The summed E-state index contributed by atoms with van der Waals surface area (Å²) in [6.45, 7) is 2.68. The Hall–Kier alpha value is -2.40. The van der Waals surface area contributed by atoms with Crippen LogP contribution < -0.4 is 4.90 Å². The molecule has 1 fully saturated rings. The van der Waals surface area contributed by atoms with Gasteiger partial charge >= 0.3 is 0 Å². The number of benzene rings is 1. The van der Waals surface area contributed by atoms with Crippen LogP contribution in [0, 0.1) is 0 Å². The molecule has 0 spiro atoms. The van der Waals surface area contributed by atoms with Crippen LogP contribution in [0.2, 0.25) is 5.15 Å². The summed E-state index contributed by atoms with van der Waals surface area (Å²) in [5.41, 5.74) is 3.86. The highest BCUT2D eigenvalue weighted by Crippen LogP contribution is 2.39. The predicted octanol–water partition coefficient (Wildman–Crippen LogP) is 4.01. The highest BCUT2D eigenvalue weighted by molar-refractivity contribution is 6.29. The number of anilines is 1. The maximum Gasteiger partial charge on any atom is 0.135 e. The molecule has 5 nitrogen and oxygen atoms in total. The largest absolute Gasteiger partial charge is 0.350 e. The van der Waals surface area contributed by atoms with Crippen molar-refractivity contribution in [3.63, 3.8) is 0 Å². The number of aromatic nitrogens is 4. The molecule has 0 atom stereocenters. The molecule has 0 N–H and O–H groups in total. The maximum absolute atomic E-state index is 6.25. The van der Waals surface area contributed by atoms with Crippen molar-refractivity contribution >= 4 is 17.4 Å². The van der Waals surface area contributed by atoms with Gasteiger partial charge in [0.2, 0.25) is 0 Å². The lowest BCUT2D eigenvalue weighted by Gasteiger charge is -2.28. The Labute approximate surface area is 164 Å². The van der Waals surface area contributed by atoms with E-state index in [1.54, 1.807) is 0 Å². The van der Waals surface area contributed by atoms with E-state index in [1.807, 2.05) is 12.4 Å². The van der Waals surface area contributed by atoms with E-state index in [2.05, 4.69) is 49.8 Å². The zero-order valence-corrected chi connectivity index (χ0v) is 15.9. The molecule has 1 saturated carbocycles. The highest BCUT2D eigenvalue weighted by atomic mass is 35.5. The van der Waals surface area contributed by atoms with Gasteiger partial charge in [-0.2, -0.15) is 0 Å².